The Hall–Kier alpha value is 0.730. The summed E-state index contributed by atoms with van der Waals surface area (Å²) in [6.07, 6.45) is 3.00. The Morgan fingerprint density at radius 3 is 2.27 bits per heavy atom. The van der Waals surface area contributed by atoms with E-state index < -0.39 is 19.8 Å². The van der Waals surface area contributed by atoms with Crippen molar-refractivity contribution in [2.45, 2.75) is 48.4 Å². The molecule has 3 atom stereocenters. The summed E-state index contributed by atoms with van der Waals surface area (Å²) in [4.78, 5) is 0. The summed E-state index contributed by atoms with van der Waals surface area (Å²) in [6, 6.07) is 0. The van der Waals surface area contributed by atoms with Crippen molar-refractivity contribution in [2.75, 3.05) is 4.43 Å². The molecule has 0 amide bonds. The van der Waals surface area contributed by atoms with E-state index in [1.807, 2.05) is 0 Å². The first-order valence-corrected chi connectivity index (χ1v) is 8.85. The Bertz CT molecular complexity index is 108. The summed E-state index contributed by atoms with van der Waals surface area (Å²) in [5.41, 5.74) is 0. The number of hydrogen-bond donors (Lipinski definition) is 0. The van der Waals surface area contributed by atoms with Gasteiger partial charge in [-0.1, -0.05) is 0 Å². The van der Waals surface area contributed by atoms with Gasteiger partial charge >= 0.3 is 78.6 Å². The SMILES string of the molecule is CCC1C(C)CC(C)I1CC. The zero-order valence-electron chi connectivity index (χ0n) is 8.23. The first-order chi connectivity index (χ1) is 5.20. The predicted octanol–water partition coefficient (Wildman–Crippen LogP) is 3.72. The number of rotatable bonds is 2. The van der Waals surface area contributed by atoms with Gasteiger partial charge in [0.15, 0.2) is 0 Å². The second-order valence-electron chi connectivity index (χ2n) is 3.62. The molecule has 3 unspecified atom stereocenters. The second kappa shape index (κ2) is 4.11. The predicted molar refractivity (Wildman–Crippen MR) is 61.9 cm³/mol. The van der Waals surface area contributed by atoms with Crippen LogP contribution in [0.1, 0.15) is 40.5 Å². The van der Waals surface area contributed by atoms with Crippen molar-refractivity contribution < 1.29 is 0 Å². The van der Waals surface area contributed by atoms with Gasteiger partial charge in [-0.25, -0.2) is 0 Å². The van der Waals surface area contributed by atoms with Crippen LogP contribution in [-0.4, -0.2) is 12.3 Å². The molecule has 11 heavy (non-hydrogen) atoms. The Morgan fingerprint density at radius 2 is 1.91 bits per heavy atom. The Kier molecular flexibility index (Phi) is 3.66. The van der Waals surface area contributed by atoms with Crippen molar-refractivity contribution in [1.82, 2.24) is 0 Å². The zero-order chi connectivity index (χ0) is 8.43. The van der Waals surface area contributed by atoms with Gasteiger partial charge in [0, 0.05) is 0 Å². The molecular weight excluding hydrogens is 247 g/mol. The van der Waals surface area contributed by atoms with Crippen LogP contribution in [0.4, 0.5) is 0 Å². The maximum atomic E-state index is 2.50. The molecule has 0 N–H and O–H groups in total. The van der Waals surface area contributed by atoms with Gasteiger partial charge in [0.1, 0.15) is 0 Å². The molecule has 0 saturated carbocycles. The molecule has 0 aromatic heterocycles. The normalized spacial score (nSPS) is 41.5. The van der Waals surface area contributed by atoms with Crippen molar-refractivity contribution in [3.8, 4) is 0 Å². The number of hydrogen-bond acceptors (Lipinski definition) is 0. The average Bonchev–Trinajstić information content (AvgIpc) is 2.24. The van der Waals surface area contributed by atoms with Gasteiger partial charge < -0.3 is 0 Å². The molecular formula is C10H21I. The van der Waals surface area contributed by atoms with Crippen molar-refractivity contribution in [1.29, 1.82) is 0 Å². The summed E-state index contributed by atoms with van der Waals surface area (Å²) < 4.78 is 3.87. The second-order valence-corrected chi connectivity index (χ2v) is 11.4. The van der Waals surface area contributed by atoms with Crippen LogP contribution in [0.25, 0.3) is 0 Å². The molecule has 68 valence electrons. The van der Waals surface area contributed by atoms with Gasteiger partial charge in [0.2, 0.25) is 0 Å². The molecule has 0 spiro atoms. The molecule has 1 rings (SSSR count). The van der Waals surface area contributed by atoms with Crippen LogP contribution < -0.4 is 0 Å². The van der Waals surface area contributed by atoms with Crippen molar-refractivity contribution in [3.05, 3.63) is 0 Å². The van der Waals surface area contributed by atoms with Gasteiger partial charge in [0.05, 0.1) is 0 Å². The standard InChI is InChI=1S/C10H21I/c1-5-10-8(3)7-9(4)11(10)6-2/h8-10H,5-7H2,1-4H3. The van der Waals surface area contributed by atoms with Gasteiger partial charge in [0.25, 0.3) is 0 Å². The van der Waals surface area contributed by atoms with E-state index in [4.69, 9.17) is 0 Å². The number of alkyl halides is 3. The molecule has 1 aliphatic heterocycles. The molecule has 0 radical (unpaired) electrons. The van der Waals surface area contributed by atoms with E-state index in [1.165, 1.54) is 16.8 Å². The first kappa shape index (κ1) is 9.82. The van der Waals surface area contributed by atoms with Gasteiger partial charge in [-0.2, -0.15) is 0 Å². The van der Waals surface area contributed by atoms with Crippen LogP contribution in [0.15, 0.2) is 0 Å². The number of halogens is 1. The summed E-state index contributed by atoms with van der Waals surface area (Å²) in [6.45, 7) is 9.78. The summed E-state index contributed by atoms with van der Waals surface area (Å²) in [5.74, 6) is 1.06. The average molecular weight is 268 g/mol. The van der Waals surface area contributed by atoms with E-state index in [1.54, 1.807) is 4.43 Å². The summed E-state index contributed by atoms with van der Waals surface area (Å²) in [7, 11) is 0. The molecule has 0 nitrogen and oxygen atoms in total. The van der Waals surface area contributed by atoms with Crippen LogP contribution in [-0.2, 0) is 0 Å². The van der Waals surface area contributed by atoms with E-state index in [9.17, 15) is 0 Å². The van der Waals surface area contributed by atoms with Gasteiger partial charge in [-0.15, -0.1) is 0 Å². The van der Waals surface area contributed by atoms with Crippen molar-refractivity contribution in [2.24, 2.45) is 5.92 Å². The fourth-order valence-corrected chi connectivity index (χ4v) is 11.1. The summed E-state index contributed by atoms with van der Waals surface area (Å²) >= 11 is -0.500. The van der Waals surface area contributed by atoms with Crippen LogP contribution in [0.5, 0.6) is 0 Å². The zero-order valence-corrected chi connectivity index (χ0v) is 10.4. The fourth-order valence-electron chi connectivity index (χ4n) is 2.39. The van der Waals surface area contributed by atoms with E-state index >= 15 is 0 Å². The van der Waals surface area contributed by atoms with Crippen LogP contribution in [0, 0.1) is 5.92 Å². The minimum atomic E-state index is -0.500. The quantitative estimate of drug-likeness (QED) is 0.529. The van der Waals surface area contributed by atoms with E-state index in [0.717, 1.165) is 9.84 Å². The first-order valence-electron chi connectivity index (χ1n) is 4.83. The van der Waals surface area contributed by atoms with Crippen molar-refractivity contribution >= 4 is 19.8 Å². The van der Waals surface area contributed by atoms with Gasteiger partial charge in [-0.3, -0.25) is 0 Å². The fraction of sp³-hybridized carbons (Fsp3) is 1.00. The Morgan fingerprint density at radius 1 is 1.27 bits per heavy atom. The third-order valence-electron chi connectivity index (χ3n) is 2.85. The van der Waals surface area contributed by atoms with E-state index in [-0.39, 0.29) is 0 Å². The molecule has 1 saturated heterocycles. The third-order valence-corrected chi connectivity index (χ3v) is 12.0. The molecule has 1 fully saturated rings. The molecule has 1 aliphatic rings. The van der Waals surface area contributed by atoms with Gasteiger partial charge in [-0.05, 0) is 0 Å². The molecule has 0 aromatic rings. The minimum absolute atomic E-state index is 0.500. The third kappa shape index (κ3) is 1.90. The monoisotopic (exact) mass is 268 g/mol. The molecule has 1 heteroatoms. The van der Waals surface area contributed by atoms with E-state index in [0.29, 0.717) is 0 Å². The maximum absolute atomic E-state index is 2.50. The van der Waals surface area contributed by atoms with Crippen LogP contribution >= 0.6 is 19.8 Å². The van der Waals surface area contributed by atoms with Crippen LogP contribution in [0.2, 0.25) is 0 Å². The van der Waals surface area contributed by atoms with Crippen molar-refractivity contribution in [3.63, 3.8) is 0 Å². The van der Waals surface area contributed by atoms with E-state index in [2.05, 4.69) is 27.7 Å². The molecule has 0 aromatic carbocycles. The Balaban J connectivity index is 2.59. The molecule has 1 heterocycles. The molecule has 0 aliphatic carbocycles. The van der Waals surface area contributed by atoms with Crippen LogP contribution in [0.3, 0.4) is 0 Å². The summed E-state index contributed by atoms with van der Waals surface area (Å²) in [5, 5.41) is 0. The topological polar surface area (TPSA) is 0 Å². The Labute approximate surface area is 78.5 Å². The molecule has 0 bridgehead atoms.